The highest BCUT2D eigenvalue weighted by Gasteiger charge is 2.30. The Balaban J connectivity index is 5.18. The van der Waals surface area contributed by atoms with Gasteiger partial charge in [0.15, 0.2) is 12.2 Å². The summed E-state index contributed by atoms with van der Waals surface area (Å²) in [5, 5.41) is 10.6. The molecule has 89 heavy (non-hydrogen) atoms. The molecule has 0 bridgehead atoms. The lowest BCUT2D eigenvalue weighted by atomic mass is 10.0. The van der Waals surface area contributed by atoms with E-state index in [0.717, 1.165) is 102 Å². The fraction of sp³-hybridized carbons (Fsp3) is 0.943. The second kappa shape index (κ2) is 62.2. The van der Waals surface area contributed by atoms with Crippen LogP contribution in [0.15, 0.2) is 0 Å². The normalized spacial score (nSPS) is 14.1. The molecule has 0 spiro atoms. The summed E-state index contributed by atoms with van der Waals surface area (Å²) in [4.78, 5) is 72.4. The second-order valence-electron chi connectivity index (χ2n) is 26.2. The molecule has 0 fully saturated rings. The molecule has 0 aliphatic heterocycles. The van der Waals surface area contributed by atoms with Gasteiger partial charge in [-0.3, -0.25) is 37.3 Å². The third-order valence-electron chi connectivity index (χ3n) is 16.2. The van der Waals surface area contributed by atoms with Crippen LogP contribution < -0.4 is 0 Å². The van der Waals surface area contributed by atoms with E-state index < -0.39 is 97.5 Å². The number of aliphatic hydroxyl groups excluding tert-OH is 1. The zero-order valence-electron chi connectivity index (χ0n) is 57.7. The molecule has 0 aromatic rings. The summed E-state index contributed by atoms with van der Waals surface area (Å²) in [5.41, 5.74) is 0. The highest BCUT2D eigenvalue weighted by atomic mass is 31.2. The molecular weight excluding hydrogens is 1170 g/mol. The van der Waals surface area contributed by atoms with Gasteiger partial charge in [-0.25, -0.2) is 9.13 Å². The van der Waals surface area contributed by atoms with Crippen molar-refractivity contribution in [3.63, 3.8) is 0 Å². The number of esters is 4. The van der Waals surface area contributed by atoms with Gasteiger partial charge in [-0.05, 0) is 37.5 Å². The Hall–Kier alpha value is -1.94. The first kappa shape index (κ1) is 87.1. The van der Waals surface area contributed by atoms with Crippen molar-refractivity contribution < 1.29 is 80.2 Å². The molecule has 0 aromatic carbocycles. The van der Waals surface area contributed by atoms with Crippen LogP contribution in [-0.4, -0.2) is 96.7 Å². The Kier molecular flexibility index (Phi) is 60.8. The van der Waals surface area contributed by atoms with E-state index in [0.29, 0.717) is 31.6 Å². The van der Waals surface area contributed by atoms with Crippen molar-refractivity contribution in [3.05, 3.63) is 0 Å². The smallest absolute Gasteiger partial charge is 0.462 e. The van der Waals surface area contributed by atoms with Crippen LogP contribution in [0.1, 0.15) is 356 Å². The predicted octanol–water partition coefficient (Wildman–Crippen LogP) is 20.0. The maximum absolute atomic E-state index is 13.0. The van der Waals surface area contributed by atoms with E-state index in [2.05, 4.69) is 41.5 Å². The number of phosphoric ester groups is 2. The van der Waals surface area contributed by atoms with Gasteiger partial charge in [-0.15, -0.1) is 0 Å². The monoisotopic (exact) mass is 1310 g/mol. The summed E-state index contributed by atoms with van der Waals surface area (Å²) in [7, 11) is -9.89. The maximum atomic E-state index is 13.0. The van der Waals surface area contributed by atoms with Crippen LogP contribution in [0.25, 0.3) is 0 Å². The Morgan fingerprint density at radius 2 is 0.517 bits per heavy atom. The maximum Gasteiger partial charge on any atom is 0.472 e. The van der Waals surface area contributed by atoms with Gasteiger partial charge in [0.05, 0.1) is 26.4 Å². The number of hydrogen-bond donors (Lipinski definition) is 3. The first-order valence-electron chi connectivity index (χ1n) is 36.5. The molecule has 0 heterocycles. The summed E-state index contributed by atoms with van der Waals surface area (Å²) in [6.45, 7) is 9.50. The first-order valence-corrected chi connectivity index (χ1v) is 39.5. The minimum Gasteiger partial charge on any atom is -0.462 e. The zero-order chi connectivity index (χ0) is 65.7. The summed E-state index contributed by atoms with van der Waals surface area (Å²) in [6, 6.07) is 0. The van der Waals surface area contributed by atoms with Gasteiger partial charge in [-0.2, -0.15) is 0 Å². The molecule has 0 aromatic heterocycles. The van der Waals surface area contributed by atoms with E-state index in [-0.39, 0.29) is 25.7 Å². The summed E-state index contributed by atoms with van der Waals surface area (Å²) >= 11 is 0. The molecular formula is C70H136O17P2. The van der Waals surface area contributed by atoms with Crippen molar-refractivity contribution >= 4 is 39.5 Å². The summed E-state index contributed by atoms with van der Waals surface area (Å²) in [5.74, 6) is -0.612. The van der Waals surface area contributed by atoms with Gasteiger partial charge >= 0.3 is 39.5 Å². The predicted molar refractivity (Wildman–Crippen MR) is 358 cm³/mol. The molecule has 2 unspecified atom stereocenters. The fourth-order valence-electron chi connectivity index (χ4n) is 10.6. The Morgan fingerprint density at radius 1 is 0.303 bits per heavy atom. The lowest BCUT2D eigenvalue weighted by Crippen LogP contribution is -2.30. The number of rotatable bonds is 69. The quantitative estimate of drug-likeness (QED) is 0.0222. The summed E-state index contributed by atoms with van der Waals surface area (Å²) in [6.07, 6.45) is 47.3. The third-order valence-corrected chi connectivity index (χ3v) is 18.1. The average molecular weight is 1310 g/mol. The number of phosphoric acid groups is 2. The largest absolute Gasteiger partial charge is 0.472 e. The van der Waals surface area contributed by atoms with E-state index >= 15 is 0 Å². The number of aliphatic hydroxyl groups is 1. The van der Waals surface area contributed by atoms with Gasteiger partial charge in [-0.1, -0.05) is 305 Å². The minimum absolute atomic E-state index is 0.106. The van der Waals surface area contributed by atoms with E-state index in [1.165, 1.54) is 167 Å². The lowest BCUT2D eigenvalue weighted by Gasteiger charge is -2.21. The minimum atomic E-state index is -4.95. The number of unbranched alkanes of at least 4 members (excludes halogenated alkanes) is 39. The van der Waals surface area contributed by atoms with Crippen LogP contribution in [0.5, 0.6) is 0 Å². The van der Waals surface area contributed by atoms with E-state index in [4.69, 9.17) is 37.0 Å². The standard InChI is InChI=1S/C70H136O17P2/c1-7-9-11-13-15-17-28-34-40-46-52-67(72)80-58-65(86-69(74)54-48-42-35-29-18-16-14-12-10-8-2)60-84-88(76,77)82-56-64(71)57-83-89(78,79)85-61-66(59-81-68(73)53-47-41-37-31-33-39-45-51-63(5)6)87-70(75)55-49-43-36-30-26-24-22-20-19-21-23-25-27-32-38-44-50-62(3)4/h62-66,71H,7-61H2,1-6H3,(H,76,77)(H,78,79)/t64-,65+,66+/m0/s1. The molecule has 0 saturated heterocycles. The number of ether oxygens (including phenoxy) is 4. The van der Waals surface area contributed by atoms with Crippen LogP contribution in [-0.2, 0) is 65.4 Å². The van der Waals surface area contributed by atoms with Crippen LogP contribution >= 0.6 is 15.6 Å². The van der Waals surface area contributed by atoms with Crippen LogP contribution in [0.2, 0.25) is 0 Å². The molecule has 19 heteroatoms. The van der Waals surface area contributed by atoms with Crippen LogP contribution in [0, 0.1) is 11.8 Å². The molecule has 0 aliphatic carbocycles. The van der Waals surface area contributed by atoms with Crippen LogP contribution in [0.4, 0.5) is 0 Å². The lowest BCUT2D eigenvalue weighted by molar-refractivity contribution is -0.161. The van der Waals surface area contributed by atoms with E-state index in [9.17, 15) is 43.2 Å². The SMILES string of the molecule is CCCCCCCCCCCCC(=O)OC[C@H](COP(=O)(O)OC[C@H](O)COP(=O)(O)OC[C@@H](COC(=O)CCCCCCCCCC(C)C)OC(=O)CCCCCCCCCCCCCCCCCCC(C)C)OC(=O)CCCCCCCCCCCC. The Bertz CT molecular complexity index is 1730. The molecule has 0 radical (unpaired) electrons. The molecule has 528 valence electrons. The average Bonchev–Trinajstić information content (AvgIpc) is 3.71. The van der Waals surface area contributed by atoms with Crippen molar-refractivity contribution in [2.24, 2.45) is 11.8 Å². The van der Waals surface area contributed by atoms with Crippen molar-refractivity contribution in [1.82, 2.24) is 0 Å². The van der Waals surface area contributed by atoms with E-state index in [1.807, 2.05) is 0 Å². The Morgan fingerprint density at radius 3 is 0.764 bits per heavy atom. The van der Waals surface area contributed by atoms with Crippen molar-refractivity contribution in [2.75, 3.05) is 39.6 Å². The Labute approximate surface area is 543 Å². The third kappa shape index (κ3) is 64.6. The van der Waals surface area contributed by atoms with Gasteiger partial charge in [0.25, 0.3) is 0 Å². The van der Waals surface area contributed by atoms with Crippen LogP contribution in [0.3, 0.4) is 0 Å². The first-order chi connectivity index (χ1) is 42.9. The second-order valence-corrected chi connectivity index (χ2v) is 29.1. The molecule has 0 aliphatic rings. The molecule has 17 nitrogen and oxygen atoms in total. The van der Waals surface area contributed by atoms with Gasteiger partial charge < -0.3 is 33.8 Å². The van der Waals surface area contributed by atoms with Crippen molar-refractivity contribution in [2.45, 2.75) is 374 Å². The number of carbonyl (C=O) groups is 4. The highest BCUT2D eigenvalue weighted by Crippen LogP contribution is 2.45. The molecule has 3 N–H and O–H groups in total. The molecule has 0 saturated carbocycles. The van der Waals surface area contributed by atoms with Crippen molar-refractivity contribution in [3.8, 4) is 0 Å². The fourth-order valence-corrected chi connectivity index (χ4v) is 12.2. The van der Waals surface area contributed by atoms with E-state index in [1.54, 1.807) is 0 Å². The molecule has 5 atom stereocenters. The van der Waals surface area contributed by atoms with Gasteiger partial charge in [0.2, 0.25) is 0 Å². The van der Waals surface area contributed by atoms with Gasteiger partial charge in [0.1, 0.15) is 19.3 Å². The van der Waals surface area contributed by atoms with Gasteiger partial charge in [0, 0.05) is 25.7 Å². The van der Waals surface area contributed by atoms with Crippen molar-refractivity contribution in [1.29, 1.82) is 0 Å². The molecule has 0 rings (SSSR count). The topological polar surface area (TPSA) is 237 Å². The number of hydrogen-bond acceptors (Lipinski definition) is 15. The molecule has 0 amide bonds. The zero-order valence-corrected chi connectivity index (χ0v) is 59.5. The summed E-state index contributed by atoms with van der Waals surface area (Å²) < 4.78 is 68.2. The highest BCUT2D eigenvalue weighted by molar-refractivity contribution is 7.47. The number of carbonyl (C=O) groups excluding carboxylic acids is 4.